The summed E-state index contributed by atoms with van der Waals surface area (Å²) in [4.78, 5) is 27.7. The molecular weight excluding hydrogens is 399 g/mol. The zero-order valence-electron chi connectivity index (χ0n) is 15.9. The van der Waals surface area contributed by atoms with Gasteiger partial charge in [-0.05, 0) is 30.3 Å². The zero-order valence-corrected chi connectivity index (χ0v) is 15.9. The molecule has 2 aromatic carbocycles. The van der Waals surface area contributed by atoms with E-state index in [0.29, 0.717) is 33.1 Å². The van der Waals surface area contributed by atoms with Gasteiger partial charge in [0.05, 0.1) is 29.5 Å². The highest BCUT2D eigenvalue weighted by Crippen LogP contribution is 2.33. The Morgan fingerprint density at radius 3 is 2.57 bits per heavy atom. The molecule has 2 heterocycles. The third-order valence-corrected chi connectivity index (χ3v) is 4.91. The highest BCUT2D eigenvalue weighted by atomic mass is 19.4. The molecule has 0 saturated heterocycles. The van der Waals surface area contributed by atoms with Crippen LogP contribution in [0.25, 0.3) is 21.8 Å². The smallest absolute Gasteiger partial charge is 0.416 e. The van der Waals surface area contributed by atoms with E-state index in [1.54, 1.807) is 31.4 Å². The number of esters is 1. The maximum Gasteiger partial charge on any atom is 0.416 e. The van der Waals surface area contributed by atoms with Crippen LogP contribution in [0, 0.1) is 0 Å². The summed E-state index contributed by atoms with van der Waals surface area (Å²) in [6.07, 6.45) is -1.41. The zero-order chi connectivity index (χ0) is 21.6. The largest absolute Gasteiger partial charge is 0.465 e. The van der Waals surface area contributed by atoms with E-state index < -0.39 is 23.6 Å². The second-order valence-electron chi connectivity index (χ2n) is 6.79. The molecule has 4 aromatic rings. The van der Waals surface area contributed by atoms with Gasteiger partial charge >= 0.3 is 12.1 Å². The number of alkyl halides is 3. The minimum atomic E-state index is -4.47. The normalized spacial score (nSPS) is 11.8. The van der Waals surface area contributed by atoms with Gasteiger partial charge in [-0.1, -0.05) is 6.07 Å². The van der Waals surface area contributed by atoms with Crippen LogP contribution in [0.3, 0.4) is 0 Å². The lowest BCUT2D eigenvalue weighted by molar-refractivity contribution is -0.137. The second kappa shape index (κ2) is 6.94. The average Bonchev–Trinajstić information content (AvgIpc) is 3.27. The van der Waals surface area contributed by atoms with E-state index in [0.717, 1.165) is 12.1 Å². The highest BCUT2D eigenvalue weighted by Gasteiger charge is 2.31. The lowest BCUT2D eigenvalue weighted by Crippen LogP contribution is -2.11. The Balaban J connectivity index is 1.71. The summed E-state index contributed by atoms with van der Waals surface area (Å²) in [5.41, 5.74) is 1.21. The molecule has 0 spiro atoms. The first-order valence-electron chi connectivity index (χ1n) is 8.86. The Hall–Kier alpha value is -3.75. The van der Waals surface area contributed by atoms with E-state index in [9.17, 15) is 22.8 Å². The molecule has 0 saturated carbocycles. The van der Waals surface area contributed by atoms with E-state index in [2.05, 4.69) is 10.3 Å². The van der Waals surface area contributed by atoms with Gasteiger partial charge in [0.15, 0.2) is 0 Å². The number of anilines is 1. The van der Waals surface area contributed by atoms with Gasteiger partial charge in [0.25, 0.3) is 5.91 Å². The number of aryl methyl sites for hydroxylation is 1. The molecular formula is C21H16F3N3O3. The van der Waals surface area contributed by atoms with Gasteiger partial charge < -0.3 is 19.6 Å². The quantitative estimate of drug-likeness (QED) is 0.476. The van der Waals surface area contributed by atoms with Crippen molar-refractivity contribution in [3.05, 3.63) is 65.5 Å². The molecule has 9 heteroatoms. The number of hydrogen-bond donors (Lipinski definition) is 2. The third kappa shape index (κ3) is 3.28. The topological polar surface area (TPSA) is 76.1 Å². The van der Waals surface area contributed by atoms with Gasteiger partial charge in [-0.2, -0.15) is 13.2 Å². The Labute approximate surface area is 168 Å². The van der Waals surface area contributed by atoms with Gasteiger partial charge in [-0.15, -0.1) is 0 Å². The molecule has 30 heavy (non-hydrogen) atoms. The van der Waals surface area contributed by atoms with Crippen LogP contribution in [0.15, 0.2) is 48.8 Å². The van der Waals surface area contributed by atoms with Gasteiger partial charge in [0.1, 0.15) is 0 Å². The van der Waals surface area contributed by atoms with E-state index in [1.165, 1.54) is 23.9 Å². The third-order valence-electron chi connectivity index (χ3n) is 4.91. The number of aromatic amines is 1. The van der Waals surface area contributed by atoms with Gasteiger partial charge in [-0.3, -0.25) is 4.79 Å². The van der Waals surface area contributed by atoms with Crippen molar-refractivity contribution in [2.75, 3.05) is 12.4 Å². The number of nitrogens with one attached hydrogen (secondary N) is 2. The van der Waals surface area contributed by atoms with Crippen molar-refractivity contribution in [2.24, 2.45) is 7.05 Å². The van der Waals surface area contributed by atoms with Crippen LogP contribution in [-0.4, -0.2) is 28.5 Å². The van der Waals surface area contributed by atoms with Gasteiger partial charge in [0.2, 0.25) is 0 Å². The maximum absolute atomic E-state index is 13.0. The fourth-order valence-corrected chi connectivity index (χ4v) is 3.40. The van der Waals surface area contributed by atoms with Crippen molar-refractivity contribution < 1.29 is 27.5 Å². The molecule has 6 nitrogen and oxygen atoms in total. The van der Waals surface area contributed by atoms with E-state index in [4.69, 9.17) is 4.74 Å². The summed E-state index contributed by atoms with van der Waals surface area (Å²) < 4.78 is 45.2. The first kappa shape index (κ1) is 19.6. The Bertz CT molecular complexity index is 1300. The monoisotopic (exact) mass is 415 g/mol. The molecule has 0 bridgehead atoms. The summed E-state index contributed by atoms with van der Waals surface area (Å²) in [5, 5.41) is 3.76. The molecule has 0 radical (unpaired) electrons. The van der Waals surface area contributed by atoms with Crippen LogP contribution in [-0.2, 0) is 18.0 Å². The number of H-pyrrole nitrogens is 1. The SMILES string of the molecule is COC(=O)c1ccc2[nH]cc(NC(=O)c3cn(C)c4cc(C(F)(F)F)ccc34)c2c1. The Morgan fingerprint density at radius 1 is 1.10 bits per heavy atom. The number of rotatable bonds is 3. The van der Waals surface area contributed by atoms with Gasteiger partial charge in [-0.25, -0.2) is 4.79 Å². The number of hydrogen-bond acceptors (Lipinski definition) is 3. The van der Waals surface area contributed by atoms with Gasteiger partial charge in [0, 0.05) is 41.2 Å². The van der Waals surface area contributed by atoms with Crippen LogP contribution in [0.5, 0.6) is 0 Å². The maximum atomic E-state index is 13.0. The van der Waals surface area contributed by atoms with E-state index in [1.807, 2.05) is 0 Å². The summed E-state index contributed by atoms with van der Waals surface area (Å²) in [7, 11) is 2.85. The summed E-state index contributed by atoms with van der Waals surface area (Å²) in [5.74, 6) is -0.991. The van der Waals surface area contributed by atoms with Crippen molar-refractivity contribution in [2.45, 2.75) is 6.18 Å². The van der Waals surface area contributed by atoms with Crippen molar-refractivity contribution in [3.63, 3.8) is 0 Å². The van der Waals surface area contributed by atoms with Crippen molar-refractivity contribution >= 4 is 39.4 Å². The van der Waals surface area contributed by atoms with Crippen LogP contribution >= 0.6 is 0 Å². The first-order chi connectivity index (χ1) is 14.2. The molecule has 154 valence electrons. The predicted molar refractivity (Wildman–Crippen MR) is 106 cm³/mol. The standard InChI is InChI=1S/C21H16F3N3O3/c1-27-10-15(13-5-4-12(8-18(13)27)21(22,23)24)19(28)26-17-9-25-16-6-3-11(7-14(16)17)20(29)30-2/h3-10,25H,1-2H3,(H,26,28). The number of ether oxygens (including phenoxy) is 1. The van der Waals surface area contributed by atoms with Crippen LogP contribution in [0.4, 0.5) is 18.9 Å². The highest BCUT2D eigenvalue weighted by molar-refractivity contribution is 6.15. The molecule has 0 atom stereocenters. The molecule has 0 aliphatic carbocycles. The minimum Gasteiger partial charge on any atom is -0.465 e. The lowest BCUT2D eigenvalue weighted by atomic mass is 10.1. The minimum absolute atomic E-state index is 0.236. The summed E-state index contributed by atoms with van der Waals surface area (Å²) in [6.45, 7) is 0. The number of carbonyl (C=O) groups is 2. The average molecular weight is 415 g/mol. The van der Waals surface area contributed by atoms with Crippen molar-refractivity contribution in [1.82, 2.24) is 9.55 Å². The molecule has 0 aliphatic rings. The lowest BCUT2D eigenvalue weighted by Gasteiger charge is -2.07. The number of nitrogens with zero attached hydrogens (tertiary/aromatic N) is 1. The predicted octanol–water partition coefficient (Wildman–Crippen LogP) is 4.72. The number of fused-ring (bicyclic) bond motifs is 2. The molecule has 4 rings (SSSR count). The Kier molecular flexibility index (Phi) is 4.53. The Morgan fingerprint density at radius 2 is 1.87 bits per heavy atom. The molecule has 0 unspecified atom stereocenters. The fourth-order valence-electron chi connectivity index (χ4n) is 3.40. The number of amides is 1. The molecule has 2 N–H and O–H groups in total. The molecule has 2 aromatic heterocycles. The molecule has 0 fully saturated rings. The van der Waals surface area contributed by atoms with E-state index >= 15 is 0 Å². The van der Waals surface area contributed by atoms with Crippen molar-refractivity contribution in [3.8, 4) is 0 Å². The fraction of sp³-hybridized carbons (Fsp3) is 0.143. The van der Waals surface area contributed by atoms with Crippen LogP contribution in [0.1, 0.15) is 26.3 Å². The van der Waals surface area contributed by atoms with Crippen LogP contribution < -0.4 is 5.32 Å². The van der Waals surface area contributed by atoms with Crippen LogP contribution in [0.2, 0.25) is 0 Å². The summed E-state index contributed by atoms with van der Waals surface area (Å²) >= 11 is 0. The number of carbonyl (C=O) groups excluding carboxylic acids is 2. The first-order valence-corrected chi connectivity index (χ1v) is 8.86. The molecule has 1 amide bonds. The summed E-state index contributed by atoms with van der Waals surface area (Å²) in [6, 6.07) is 8.13. The number of methoxy groups -OCH3 is 1. The number of benzene rings is 2. The number of aromatic nitrogens is 2. The molecule has 0 aliphatic heterocycles. The van der Waals surface area contributed by atoms with E-state index in [-0.39, 0.29) is 5.56 Å². The second-order valence-corrected chi connectivity index (χ2v) is 6.79. The van der Waals surface area contributed by atoms with Crippen molar-refractivity contribution in [1.29, 1.82) is 0 Å². The number of halogens is 3.